The lowest BCUT2D eigenvalue weighted by Gasteiger charge is -2.15. The Bertz CT molecular complexity index is 906. The average molecular weight is 308 g/mol. The van der Waals surface area contributed by atoms with E-state index >= 15 is 0 Å². The second-order valence-corrected chi connectivity index (χ2v) is 6.03. The van der Waals surface area contributed by atoms with Crippen LogP contribution in [0.2, 0.25) is 0 Å². The Morgan fingerprint density at radius 1 is 1.00 bits per heavy atom. The Morgan fingerprint density at radius 3 is 2.48 bits per heavy atom. The van der Waals surface area contributed by atoms with E-state index in [1.54, 1.807) is 0 Å². The van der Waals surface area contributed by atoms with Gasteiger partial charge in [-0.25, -0.2) is 0 Å². The molecule has 1 aromatic rings. The van der Waals surface area contributed by atoms with Crippen molar-refractivity contribution in [2.75, 3.05) is 18.4 Å². The minimum Gasteiger partial charge on any atom is -0.456 e. The summed E-state index contributed by atoms with van der Waals surface area (Å²) in [6.07, 6.45) is 0. The molecule has 1 N–H and O–H groups in total. The van der Waals surface area contributed by atoms with E-state index in [0.29, 0.717) is 0 Å². The summed E-state index contributed by atoms with van der Waals surface area (Å²) in [5, 5.41) is 5.59. The van der Waals surface area contributed by atoms with E-state index in [9.17, 15) is 0 Å². The van der Waals surface area contributed by atoms with Gasteiger partial charge in [-0.05, 0) is 63.4 Å². The molecule has 1 aromatic carbocycles. The van der Waals surface area contributed by atoms with E-state index in [-0.39, 0.29) is 0 Å². The Kier molecular flexibility index (Phi) is 4.12. The van der Waals surface area contributed by atoms with Crippen molar-refractivity contribution < 1.29 is 4.42 Å². The van der Waals surface area contributed by atoms with E-state index < -0.39 is 0 Å². The molecule has 2 aliphatic rings. The normalized spacial score (nSPS) is 12.3. The molecule has 1 heterocycles. The molecule has 0 aromatic heterocycles. The third-order valence-corrected chi connectivity index (χ3v) is 4.35. The highest BCUT2D eigenvalue weighted by atomic mass is 16.3. The lowest BCUT2D eigenvalue weighted by Crippen LogP contribution is -2.09. The molecular weight excluding hydrogens is 284 g/mol. The molecule has 0 unspecified atom stereocenters. The van der Waals surface area contributed by atoms with Crippen molar-refractivity contribution in [1.29, 1.82) is 0 Å². The van der Waals surface area contributed by atoms with Crippen LogP contribution in [0.3, 0.4) is 0 Å². The SMILES string of the molecule is CC/N=c1\cc2oc3cc(NCC)c(C)cc3c(C)c-2cc1C. The number of hydrogen-bond acceptors (Lipinski definition) is 3. The van der Waals surface area contributed by atoms with Crippen LogP contribution in [0.1, 0.15) is 30.5 Å². The van der Waals surface area contributed by atoms with Gasteiger partial charge in [-0.1, -0.05) is 0 Å². The third-order valence-electron chi connectivity index (χ3n) is 4.35. The van der Waals surface area contributed by atoms with Gasteiger partial charge in [0.2, 0.25) is 0 Å². The molecule has 0 fully saturated rings. The topological polar surface area (TPSA) is 37.5 Å². The van der Waals surface area contributed by atoms with Crippen LogP contribution in [-0.4, -0.2) is 13.1 Å². The van der Waals surface area contributed by atoms with Crippen molar-refractivity contribution in [3.63, 3.8) is 0 Å². The number of anilines is 1. The summed E-state index contributed by atoms with van der Waals surface area (Å²) >= 11 is 0. The van der Waals surface area contributed by atoms with Crippen molar-refractivity contribution in [2.24, 2.45) is 4.99 Å². The van der Waals surface area contributed by atoms with Gasteiger partial charge in [0, 0.05) is 41.9 Å². The lowest BCUT2D eigenvalue weighted by atomic mass is 9.97. The minimum atomic E-state index is 0.780. The number of aryl methyl sites for hydroxylation is 3. The summed E-state index contributed by atoms with van der Waals surface area (Å²) in [6.45, 7) is 12.3. The van der Waals surface area contributed by atoms with Crippen LogP contribution in [0.5, 0.6) is 0 Å². The molecule has 120 valence electrons. The molecule has 0 bridgehead atoms. The highest BCUT2D eigenvalue weighted by Crippen LogP contribution is 2.35. The maximum Gasteiger partial charge on any atom is 0.137 e. The minimum absolute atomic E-state index is 0.780. The summed E-state index contributed by atoms with van der Waals surface area (Å²) < 4.78 is 6.21. The van der Waals surface area contributed by atoms with Crippen molar-refractivity contribution in [3.05, 3.63) is 46.3 Å². The monoisotopic (exact) mass is 308 g/mol. The second-order valence-electron chi connectivity index (χ2n) is 6.03. The first-order valence-corrected chi connectivity index (χ1v) is 8.28. The van der Waals surface area contributed by atoms with Crippen molar-refractivity contribution in [2.45, 2.75) is 34.6 Å². The molecule has 0 saturated carbocycles. The van der Waals surface area contributed by atoms with Gasteiger partial charge in [0.15, 0.2) is 0 Å². The zero-order valence-electron chi connectivity index (χ0n) is 14.6. The fourth-order valence-corrected chi connectivity index (χ4v) is 3.11. The second kappa shape index (κ2) is 6.07. The van der Waals surface area contributed by atoms with Gasteiger partial charge in [-0.15, -0.1) is 0 Å². The molecule has 1 aliphatic heterocycles. The van der Waals surface area contributed by atoms with Crippen LogP contribution >= 0.6 is 0 Å². The smallest absolute Gasteiger partial charge is 0.137 e. The first-order chi connectivity index (χ1) is 11.0. The predicted octanol–water partition coefficient (Wildman–Crippen LogP) is 4.82. The van der Waals surface area contributed by atoms with Crippen LogP contribution in [0.15, 0.2) is 33.7 Å². The van der Waals surface area contributed by atoms with E-state index in [4.69, 9.17) is 4.42 Å². The highest BCUT2D eigenvalue weighted by Gasteiger charge is 2.15. The first kappa shape index (κ1) is 15.6. The first-order valence-electron chi connectivity index (χ1n) is 8.28. The van der Waals surface area contributed by atoms with Gasteiger partial charge in [0.05, 0.1) is 5.36 Å². The van der Waals surface area contributed by atoms with Gasteiger partial charge in [-0.2, -0.15) is 0 Å². The quantitative estimate of drug-likeness (QED) is 0.705. The number of fused-ring (bicyclic) bond motifs is 2. The zero-order chi connectivity index (χ0) is 16.6. The average Bonchev–Trinajstić information content (AvgIpc) is 2.52. The van der Waals surface area contributed by atoms with Crippen LogP contribution in [0.4, 0.5) is 5.69 Å². The van der Waals surface area contributed by atoms with E-state index in [1.807, 2.05) is 0 Å². The van der Waals surface area contributed by atoms with Gasteiger partial charge in [0.1, 0.15) is 11.3 Å². The van der Waals surface area contributed by atoms with Crippen molar-refractivity contribution in [1.82, 2.24) is 0 Å². The Labute approximate surface area is 137 Å². The molecule has 3 rings (SSSR count). The third kappa shape index (κ3) is 2.72. The molecule has 1 aliphatic carbocycles. The molecule has 0 spiro atoms. The summed E-state index contributed by atoms with van der Waals surface area (Å²) in [6, 6.07) is 8.57. The van der Waals surface area contributed by atoms with Crippen molar-refractivity contribution in [3.8, 4) is 11.3 Å². The maximum absolute atomic E-state index is 6.21. The number of benzene rings is 2. The van der Waals surface area contributed by atoms with Gasteiger partial charge >= 0.3 is 0 Å². The molecular formula is C20H24N2O. The van der Waals surface area contributed by atoms with E-state index in [1.165, 1.54) is 27.6 Å². The Morgan fingerprint density at radius 2 is 1.78 bits per heavy atom. The molecule has 3 nitrogen and oxygen atoms in total. The summed E-state index contributed by atoms with van der Waals surface area (Å²) in [5.74, 6) is 0.902. The Hall–Kier alpha value is -2.29. The van der Waals surface area contributed by atoms with Crippen molar-refractivity contribution >= 4 is 16.7 Å². The summed E-state index contributed by atoms with van der Waals surface area (Å²) in [4.78, 5) is 4.55. The van der Waals surface area contributed by atoms with Crippen LogP contribution in [0, 0.1) is 20.8 Å². The summed E-state index contributed by atoms with van der Waals surface area (Å²) in [7, 11) is 0. The molecule has 3 heteroatoms. The highest BCUT2D eigenvalue weighted by molar-refractivity contribution is 5.90. The van der Waals surface area contributed by atoms with Crippen LogP contribution < -0.4 is 10.7 Å². The molecule has 0 atom stereocenters. The van der Waals surface area contributed by atoms with Crippen LogP contribution in [-0.2, 0) is 0 Å². The number of rotatable bonds is 3. The largest absolute Gasteiger partial charge is 0.456 e. The molecule has 0 amide bonds. The standard InChI is InChI=1S/C20H24N2O/c1-6-21-17-10-19-15(8-12(17)3)14(5)16-9-13(4)18(22-7-2)11-20(16)23-19/h8-11,21H,6-7H2,1-5H3/b22-18+. The Balaban J connectivity index is 2.36. The number of nitrogens with zero attached hydrogens (tertiary/aromatic N) is 1. The maximum atomic E-state index is 6.21. The zero-order valence-corrected chi connectivity index (χ0v) is 14.6. The van der Waals surface area contributed by atoms with E-state index in [0.717, 1.165) is 35.5 Å². The fraction of sp³-hybridized carbons (Fsp3) is 0.350. The van der Waals surface area contributed by atoms with Gasteiger partial charge in [-0.3, -0.25) is 4.99 Å². The molecule has 0 saturated heterocycles. The van der Waals surface area contributed by atoms with Gasteiger partial charge < -0.3 is 9.73 Å². The lowest BCUT2D eigenvalue weighted by molar-refractivity contribution is 0.617. The fourth-order valence-electron chi connectivity index (χ4n) is 3.11. The molecule has 0 radical (unpaired) electrons. The van der Waals surface area contributed by atoms with E-state index in [2.05, 4.69) is 69.2 Å². The number of nitrogens with one attached hydrogen (secondary N) is 1. The van der Waals surface area contributed by atoms with Crippen LogP contribution in [0.25, 0.3) is 22.3 Å². The van der Waals surface area contributed by atoms with Gasteiger partial charge in [0.25, 0.3) is 0 Å². The summed E-state index contributed by atoms with van der Waals surface area (Å²) in [5.41, 5.74) is 6.92. The number of hydrogen-bond donors (Lipinski definition) is 1. The predicted molar refractivity (Wildman–Crippen MR) is 97.3 cm³/mol. The molecule has 23 heavy (non-hydrogen) atoms.